The second-order valence-electron chi connectivity index (χ2n) is 3.63. The number of thiazole rings is 1. The van der Waals surface area contributed by atoms with Gasteiger partial charge in [-0.05, 0) is 24.6 Å². The van der Waals surface area contributed by atoms with Gasteiger partial charge in [0.15, 0.2) is 0 Å². The minimum absolute atomic E-state index is 0.216. The van der Waals surface area contributed by atoms with Gasteiger partial charge in [0.05, 0.1) is 6.04 Å². The SMILES string of the molecule is CC(NCc1ccnc(C#N)c1)c1nccs1. The first-order valence-electron chi connectivity index (χ1n) is 5.27. The summed E-state index contributed by atoms with van der Waals surface area (Å²) >= 11 is 1.64. The third kappa shape index (κ3) is 3.09. The number of pyridine rings is 1. The summed E-state index contributed by atoms with van der Waals surface area (Å²) in [5.41, 5.74) is 1.51. The van der Waals surface area contributed by atoms with Crippen LogP contribution in [0.3, 0.4) is 0 Å². The van der Waals surface area contributed by atoms with Gasteiger partial charge in [0.25, 0.3) is 0 Å². The summed E-state index contributed by atoms with van der Waals surface area (Å²) in [7, 11) is 0. The van der Waals surface area contributed by atoms with Crippen LogP contribution >= 0.6 is 11.3 Å². The van der Waals surface area contributed by atoms with Gasteiger partial charge in [-0.3, -0.25) is 0 Å². The van der Waals surface area contributed by atoms with E-state index in [2.05, 4.69) is 22.2 Å². The van der Waals surface area contributed by atoms with Crippen molar-refractivity contribution in [1.82, 2.24) is 15.3 Å². The zero-order valence-electron chi connectivity index (χ0n) is 9.42. The molecule has 0 bridgehead atoms. The largest absolute Gasteiger partial charge is 0.304 e. The minimum atomic E-state index is 0.216. The lowest BCUT2D eigenvalue weighted by atomic mass is 10.2. The molecule has 0 radical (unpaired) electrons. The Morgan fingerprint density at radius 3 is 3.06 bits per heavy atom. The molecule has 2 rings (SSSR count). The number of hydrogen-bond donors (Lipinski definition) is 1. The third-order valence-electron chi connectivity index (χ3n) is 2.37. The van der Waals surface area contributed by atoms with Gasteiger partial charge in [-0.15, -0.1) is 11.3 Å². The highest BCUT2D eigenvalue weighted by atomic mass is 32.1. The second kappa shape index (κ2) is 5.53. The van der Waals surface area contributed by atoms with Crippen molar-refractivity contribution in [3.05, 3.63) is 46.2 Å². The summed E-state index contributed by atoms with van der Waals surface area (Å²) in [4.78, 5) is 8.19. The molecule has 0 fully saturated rings. The topological polar surface area (TPSA) is 61.6 Å². The van der Waals surface area contributed by atoms with Gasteiger partial charge in [-0.2, -0.15) is 5.26 Å². The number of nitriles is 1. The molecule has 0 aliphatic rings. The molecule has 86 valence electrons. The van der Waals surface area contributed by atoms with Crippen molar-refractivity contribution in [2.24, 2.45) is 0 Å². The number of hydrogen-bond acceptors (Lipinski definition) is 5. The van der Waals surface area contributed by atoms with Crippen LogP contribution in [0.4, 0.5) is 0 Å². The van der Waals surface area contributed by atoms with E-state index in [1.165, 1.54) is 0 Å². The third-order valence-corrected chi connectivity index (χ3v) is 3.33. The highest BCUT2D eigenvalue weighted by molar-refractivity contribution is 7.09. The lowest BCUT2D eigenvalue weighted by Gasteiger charge is -2.10. The van der Waals surface area contributed by atoms with E-state index < -0.39 is 0 Å². The van der Waals surface area contributed by atoms with Gasteiger partial charge in [-0.25, -0.2) is 9.97 Å². The molecule has 4 nitrogen and oxygen atoms in total. The van der Waals surface area contributed by atoms with Gasteiger partial charge < -0.3 is 5.32 Å². The first-order valence-corrected chi connectivity index (χ1v) is 6.15. The van der Waals surface area contributed by atoms with Gasteiger partial charge in [0, 0.05) is 24.3 Å². The zero-order valence-corrected chi connectivity index (χ0v) is 10.2. The van der Waals surface area contributed by atoms with Crippen LogP contribution in [-0.2, 0) is 6.54 Å². The normalized spacial score (nSPS) is 12.0. The van der Waals surface area contributed by atoms with E-state index in [1.807, 2.05) is 17.5 Å². The Kier molecular flexibility index (Phi) is 3.81. The van der Waals surface area contributed by atoms with Gasteiger partial charge in [0.2, 0.25) is 0 Å². The summed E-state index contributed by atoms with van der Waals surface area (Å²) in [6.45, 7) is 2.78. The fourth-order valence-electron chi connectivity index (χ4n) is 1.45. The molecule has 0 saturated heterocycles. The van der Waals surface area contributed by atoms with E-state index >= 15 is 0 Å². The first-order chi connectivity index (χ1) is 8.29. The maximum absolute atomic E-state index is 8.75. The molecule has 1 unspecified atom stereocenters. The van der Waals surface area contributed by atoms with Crippen molar-refractivity contribution in [2.45, 2.75) is 19.5 Å². The van der Waals surface area contributed by atoms with E-state index in [0.29, 0.717) is 12.2 Å². The number of aromatic nitrogens is 2. The van der Waals surface area contributed by atoms with Crippen molar-refractivity contribution in [3.8, 4) is 6.07 Å². The highest BCUT2D eigenvalue weighted by Gasteiger charge is 2.07. The van der Waals surface area contributed by atoms with E-state index in [9.17, 15) is 0 Å². The minimum Gasteiger partial charge on any atom is -0.304 e. The molecule has 0 saturated carbocycles. The molecule has 0 aromatic carbocycles. The fourth-order valence-corrected chi connectivity index (χ4v) is 2.12. The number of nitrogens with one attached hydrogen (secondary N) is 1. The van der Waals surface area contributed by atoms with Crippen molar-refractivity contribution in [3.63, 3.8) is 0 Å². The Labute approximate surface area is 104 Å². The Morgan fingerprint density at radius 1 is 1.47 bits per heavy atom. The zero-order chi connectivity index (χ0) is 12.1. The molecule has 0 aliphatic carbocycles. The molecular weight excluding hydrogens is 232 g/mol. The van der Waals surface area contributed by atoms with Crippen LogP contribution in [0, 0.1) is 11.3 Å². The fraction of sp³-hybridized carbons (Fsp3) is 0.250. The van der Waals surface area contributed by atoms with Gasteiger partial charge in [-0.1, -0.05) is 0 Å². The summed E-state index contributed by atoms with van der Waals surface area (Å²) < 4.78 is 0. The monoisotopic (exact) mass is 244 g/mol. The van der Waals surface area contributed by atoms with Gasteiger partial charge in [0.1, 0.15) is 16.8 Å². The van der Waals surface area contributed by atoms with Crippen LogP contribution in [0.15, 0.2) is 29.9 Å². The smallest absolute Gasteiger partial charge is 0.140 e. The summed E-state index contributed by atoms with van der Waals surface area (Å²) in [6.07, 6.45) is 3.46. The molecule has 1 atom stereocenters. The summed E-state index contributed by atoms with van der Waals surface area (Å²) in [6, 6.07) is 5.95. The van der Waals surface area contributed by atoms with E-state index in [0.717, 1.165) is 10.6 Å². The van der Waals surface area contributed by atoms with Crippen molar-refractivity contribution < 1.29 is 0 Å². The molecule has 0 amide bonds. The lowest BCUT2D eigenvalue weighted by molar-refractivity contribution is 0.571. The number of rotatable bonds is 4. The van der Waals surface area contributed by atoms with E-state index in [4.69, 9.17) is 5.26 Å². The van der Waals surface area contributed by atoms with Crippen molar-refractivity contribution in [2.75, 3.05) is 0 Å². The summed E-state index contributed by atoms with van der Waals surface area (Å²) in [5, 5.41) is 15.1. The first kappa shape index (κ1) is 11.7. The molecule has 2 aromatic heterocycles. The van der Waals surface area contributed by atoms with Crippen molar-refractivity contribution in [1.29, 1.82) is 5.26 Å². The van der Waals surface area contributed by atoms with E-state index in [-0.39, 0.29) is 6.04 Å². The lowest BCUT2D eigenvalue weighted by Crippen LogP contribution is -2.17. The molecule has 1 N–H and O–H groups in total. The quantitative estimate of drug-likeness (QED) is 0.896. The molecular formula is C12H12N4S. The Morgan fingerprint density at radius 2 is 2.35 bits per heavy atom. The van der Waals surface area contributed by atoms with Crippen LogP contribution in [0.1, 0.15) is 29.2 Å². The Balaban J connectivity index is 1.96. The van der Waals surface area contributed by atoms with E-state index in [1.54, 1.807) is 29.8 Å². The molecule has 2 aromatic rings. The Bertz CT molecular complexity index is 516. The highest BCUT2D eigenvalue weighted by Crippen LogP contribution is 2.15. The summed E-state index contributed by atoms with van der Waals surface area (Å²) in [5.74, 6) is 0. The molecule has 5 heteroatoms. The number of nitrogens with zero attached hydrogens (tertiary/aromatic N) is 3. The average Bonchev–Trinajstić information content (AvgIpc) is 2.90. The Hall–Kier alpha value is -1.77. The molecule has 17 heavy (non-hydrogen) atoms. The van der Waals surface area contributed by atoms with Crippen LogP contribution in [-0.4, -0.2) is 9.97 Å². The average molecular weight is 244 g/mol. The standard InChI is InChI=1S/C12H12N4S/c1-9(12-15-4-5-17-12)16-8-10-2-3-14-11(6-10)7-13/h2-6,9,16H,8H2,1H3. The molecule has 0 spiro atoms. The maximum atomic E-state index is 8.75. The van der Waals surface area contributed by atoms with Crippen LogP contribution in [0.25, 0.3) is 0 Å². The molecule has 2 heterocycles. The predicted molar refractivity (Wildman–Crippen MR) is 66.3 cm³/mol. The predicted octanol–water partition coefficient (Wildman–Crippen LogP) is 2.26. The van der Waals surface area contributed by atoms with Crippen LogP contribution in [0.5, 0.6) is 0 Å². The van der Waals surface area contributed by atoms with Crippen LogP contribution < -0.4 is 5.32 Å². The van der Waals surface area contributed by atoms with Crippen LogP contribution in [0.2, 0.25) is 0 Å². The second-order valence-corrected chi connectivity index (χ2v) is 4.56. The van der Waals surface area contributed by atoms with Crippen molar-refractivity contribution >= 4 is 11.3 Å². The maximum Gasteiger partial charge on any atom is 0.140 e. The molecule has 0 aliphatic heterocycles. The van der Waals surface area contributed by atoms with Gasteiger partial charge >= 0.3 is 0 Å².